The summed E-state index contributed by atoms with van der Waals surface area (Å²) in [6.07, 6.45) is 1.01. The molecule has 3 rings (SSSR count). The van der Waals surface area contributed by atoms with Gasteiger partial charge in [0, 0.05) is 14.5 Å². The van der Waals surface area contributed by atoms with E-state index in [4.69, 9.17) is 0 Å². The number of amides is 1. The van der Waals surface area contributed by atoms with E-state index in [2.05, 4.69) is 18.3 Å². The highest BCUT2D eigenvalue weighted by atomic mass is 32.1. The molecule has 0 spiro atoms. The molecule has 2 nitrogen and oxygen atoms in total. The second-order valence-corrected chi connectivity index (χ2v) is 7.03. The molecule has 108 valence electrons. The Kier molecular flexibility index (Phi) is 4.03. The van der Waals surface area contributed by atoms with Gasteiger partial charge in [0.05, 0.1) is 11.4 Å². The van der Waals surface area contributed by atoms with Crippen molar-refractivity contribution in [3.63, 3.8) is 0 Å². The molecule has 2 aromatic heterocycles. The van der Waals surface area contributed by atoms with Crippen LogP contribution in [0.2, 0.25) is 0 Å². The van der Waals surface area contributed by atoms with Crippen LogP contribution in [-0.2, 0) is 13.0 Å². The number of carbonyl (C=O) groups is 1. The van der Waals surface area contributed by atoms with Gasteiger partial charge in [-0.25, -0.2) is 4.39 Å². The van der Waals surface area contributed by atoms with E-state index in [0.29, 0.717) is 11.4 Å². The number of thiophene rings is 2. The van der Waals surface area contributed by atoms with Crippen molar-refractivity contribution < 1.29 is 9.18 Å². The van der Waals surface area contributed by atoms with E-state index in [1.807, 2.05) is 6.07 Å². The molecule has 5 heteroatoms. The fourth-order valence-corrected chi connectivity index (χ4v) is 3.95. The Morgan fingerprint density at radius 2 is 1.95 bits per heavy atom. The summed E-state index contributed by atoms with van der Waals surface area (Å²) < 4.78 is 14.1. The second kappa shape index (κ2) is 5.95. The second-order valence-electron chi connectivity index (χ2n) is 4.70. The summed E-state index contributed by atoms with van der Waals surface area (Å²) in [6.45, 7) is 2.65. The van der Waals surface area contributed by atoms with Crippen LogP contribution in [0, 0.1) is 5.82 Å². The molecule has 0 unspecified atom stereocenters. The highest BCUT2D eigenvalue weighted by molar-refractivity contribution is 7.20. The maximum atomic E-state index is 13.2. The van der Waals surface area contributed by atoms with Crippen LogP contribution in [0.25, 0.3) is 10.1 Å². The fourth-order valence-electron chi connectivity index (χ4n) is 2.09. The van der Waals surface area contributed by atoms with Crippen molar-refractivity contribution in [2.45, 2.75) is 19.9 Å². The molecular formula is C16H14FNOS2. The number of fused-ring (bicyclic) bond motifs is 1. The van der Waals surface area contributed by atoms with Gasteiger partial charge in [0.2, 0.25) is 0 Å². The molecule has 0 saturated carbocycles. The third kappa shape index (κ3) is 3.14. The molecule has 0 atom stereocenters. The summed E-state index contributed by atoms with van der Waals surface area (Å²) in [4.78, 5) is 15.2. The Morgan fingerprint density at radius 3 is 2.71 bits per heavy atom. The van der Waals surface area contributed by atoms with Crippen molar-refractivity contribution >= 4 is 38.7 Å². The van der Waals surface area contributed by atoms with Gasteiger partial charge in [-0.3, -0.25) is 4.79 Å². The molecule has 0 aliphatic rings. The smallest absolute Gasteiger partial charge is 0.261 e. The molecule has 1 aromatic carbocycles. The molecule has 0 radical (unpaired) electrons. The van der Waals surface area contributed by atoms with Gasteiger partial charge < -0.3 is 5.32 Å². The minimum Gasteiger partial charge on any atom is -0.346 e. The summed E-state index contributed by atoms with van der Waals surface area (Å²) in [5.74, 6) is -0.388. The lowest BCUT2D eigenvalue weighted by atomic mass is 10.2. The number of halogens is 1. The molecular weight excluding hydrogens is 305 g/mol. The third-order valence-electron chi connectivity index (χ3n) is 3.19. The predicted molar refractivity (Wildman–Crippen MR) is 86.7 cm³/mol. The van der Waals surface area contributed by atoms with E-state index >= 15 is 0 Å². The summed E-state index contributed by atoms with van der Waals surface area (Å²) in [6, 6.07) is 10.5. The minimum absolute atomic E-state index is 0.108. The summed E-state index contributed by atoms with van der Waals surface area (Å²) in [5, 5.41) is 3.69. The van der Waals surface area contributed by atoms with Gasteiger partial charge in [-0.05, 0) is 48.2 Å². The largest absolute Gasteiger partial charge is 0.346 e. The fraction of sp³-hybridized carbons (Fsp3) is 0.188. The number of hydrogen-bond acceptors (Lipinski definition) is 3. The van der Waals surface area contributed by atoms with Gasteiger partial charge in [0.25, 0.3) is 5.91 Å². The topological polar surface area (TPSA) is 29.1 Å². The quantitative estimate of drug-likeness (QED) is 0.748. The maximum Gasteiger partial charge on any atom is 0.261 e. The monoisotopic (exact) mass is 319 g/mol. The van der Waals surface area contributed by atoms with Crippen LogP contribution in [0.4, 0.5) is 4.39 Å². The zero-order valence-electron chi connectivity index (χ0n) is 11.5. The van der Waals surface area contributed by atoms with Gasteiger partial charge in [-0.2, -0.15) is 0 Å². The number of aryl methyl sites for hydroxylation is 1. The highest BCUT2D eigenvalue weighted by Gasteiger charge is 2.11. The molecule has 0 fully saturated rings. The highest BCUT2D eigenvalue weighted by Crippen LogP contribution is 2.26. The average molecular weight is 319 g/mol. The van der Waals surface area contributed by atoms with Crippen LogP contribution in [0.1, 0.15) is 26.3 Å². The number of benzene rings is 1. The lowest BCUT2D eigenvalue weighted by Crippen LogP contribution is -2.21. The van der Waals surface area contributed by atoms with Crippen molar-refractivity contribution in [2.75, 3.05) is 0 Å². The van der Waals surface area contributed by atoms with Gasteiger partial charge >= 0.3 is 0 Å². The van der Waals surface area contributed by atoms with Gasteiger partial charge in [0.15, 0.2) is 0 Å². The average Bonchev–Trinajstić information content (AvgIpc) is 3.10. The molecule has 1 amide bonds. The molecule has 2 heterocycles. The van der Waals surface area contributed by atoms with E-state index < -0.39 is 0 Å². The van der Waals surface area contributed by atoms with Crippen LogP contribution in [0.5, 0.6) is 0 Å². The Labute approximate surface area is 130 Å². The van der Waals surface area contributed by atoms with E-state index in [1.165, 1.54) is 28.3 Å². The van der Waals surface area contributed by atoms with E-state index in [1.54, 1.807) is 23.5 Å². The van der Waals surface area contributed by atoms with E-state index in [-0.39, 0.29) is 11.7 Å². The zero-order chi connectivity index (χ0) is 14.8. The molecule has 3 aromatic rings. The minimum atomic E-state index is -0.280. The third-order valence-corrected chi connectivity index (χ3v) is 5.54. The van der Waals surface area contributed by atoms with Crippen LogP contribution < -0.4 is 5.32 Å². The normalized spacial score (nSPS) is 11.0. The lowest BCUT2D eigenvalue weighted by molar-refractivity contribution is 0.0955. The molecule has 21 heavy (non-hydrogen) atoms. The first-order valence-electron chi connectivity index (χ1n) is 6.70. The number of nitrogens with one attached hydrogen (secondary N) is 1. The van der Waals surface area contributed by atoms with Crippen molar-refractivity contribution in [3.8, 4) is 0 Å². The lowest BCUT2D eigenvalue weighted by Gasteiger charge is -2.00. The standard InChI is InChI=1S/C16H14FNOS2/c1-2-12-4-5-13(20-12)9-18-16(19)15-8-10-7-11(17)3-6-14(10)21-15/h3-8H,2,9H2,1H3,(H,18,19). The first-order chi connectivity index (χ1) is 10.2. The molecule has 0 aliphatic carbocycles. The Bertz CT molecular complexity index is 791. The van der Waals surface area contributed by atoms with Crippen molar-refractivity contribution in [2.24, 2.45) is 0 Å². The van der Waals surface area contributed by atoms with E-state index in [9.17, 15) is 9.18 Å². The first kappa shape index (κ1) is 14.2. The Balaban J connectivity index is 1.71. The Morgan fingerprint density at radius 1 is 1.14 bits per heavy atom. The Hall–Kier alpha value is -1.72. The SMILES string of the molecule is CCc1ccc(CNC(=O)c2cc3cc(F)ccc3s2)s1. The molecule has 1 N–H and O–H groups in total. The zero-order valence-corrected chi connectivity index (χ0v) is 13.1. The van der Waals surface area contributed by atoms with Crippen LogP contribution in [-0.4, -0.2) is 5.91 Å². The number of carbonyl (C=O) groups excluding carboxylic acids is 1. The van der Waals surface area contributed by atoms with Crippen molar-refractivity contribution in [1.29, 1.82) is 0 Å². The van der Waals surface area contributed by atoms with E-state index in [0.717, 1.165) is 21.4 Å². The van der Waals surface area contributed by atoms with Crippen LogP contribution in [0.3, 0.4) is 0 Å². The number of rotatable bonds is 4. The molecule has 0 bridgehead atoms. The summed E-state index contributed by atoms with van der Waals surface area (Å²) in [5.41, 5.74) is 0. The molecule has 0 aliphatic heterocycles. The van der Waals surface area contributed by atoms with Crippen molar-refractivity contribution in [3.05, 3.63) is 56.8 Å². The molecule has 0 saturated heterocycles. The predicted octanol–water partition coefficient (Wildman–Crippen LogP) is 4.59. The van der Waals surface area contributed by atoms with Gasteiger partial charge in [-0.1, -0.05) is 6.92 Å². The van der Waals surface area contributed by atoms with Gasteiger partial charge in [-0.15, -0.1) is 22.7 Å². The number of hydrogen-bond donors (Lipinski definition) is 1. The van der Waals surface area contributed by atoms with Crippen LogP contribution in [0.15, 0.2) is 36.4 Å². The van der Waals surface area contributed by atoms with Crippen LogP contribution >= 0.6 is 22.7 Å². The maximum absolute atomic E-state index is 13.2. The van der Waals surface area contributed by atoms with Crippen molar-refractivity contribution in [1.82, 2.24) is 5.32 Å². The summed E-state index contributed by atoms with van der Waals surface area (Å²) >= 11 is 3.10. The summed E-state index contributed by atoms with van der Waals surface area (Å²) in [7, 11) is 0. The van der Waals surface area contributed by atoms with Gasteiger partial charge in [0.1, 0.15) is 5.82 Å². The first-order valence-corrected chi connectivity index (χ1v) is 8.34.